The Morgan fingerprint density at radius 1 is 1.16 bits per heavy atom. The van der Waals surface area contributed by atoms with Crippen LogP contribution in [0.3, 0.4) is 0 Å². The average molecular weight is 267 g/mol. The van der Waals surface area contributed by atoms with Crippen LogP contribution in [0.2, 0.25) is 0 Å². The van der Waals surface area contributed by atoms with Crippen LogP contribution in [0.4, 0.5) is 8.78 Å². The molecule has 2 rings (SSSR count). The van der Waals surface area contributed by atoms with Gasteiger partial charge >= 0.3 is 0 Å². The molecule has 0 spiro atoms. The number of halogens is 2. The molecule has 0 bridgehead atoms. The third-order valence-electron chi connectivity index (χ3n) is 3.85. The Labute approximate surface area is 112 Å². The van der Waals surface area contributed by atoms with Gasteiger partial charge in [-0.2, -0.15) is 0 Å². The van der Waals surface area contributed by atoms with Gasteiger partial charge in [0, 0.05) is 18.4 Å². The third-order valence-corrected chi connectivity index (χ3v) is 3.85. The molecule has 1 aliphatic rings. The minimum atomic E-state index is -0.907. The largest absolute Gasteiger partial charge is 0.327 e. The van der Waals surface area contributed by atoms with E-state index in [-0.39, 0.29) is 24.2 Å². The quantitative estimate of drug-likeness (QED) is 0.855. The van der Waals surface area contributed by atoms with E-state index in [0.29, 0.717) is 5.56 Å². The summed E-state index contributed by atoms with van der Waals surface area (Å²) < 4.78 is 25.9. The van der Waals surface area contributed by atoms with Crippen LogP contribution in [0.5, 0.6) is 0 Å². The summed E-state index contributed by atoms with van der Waals surface area (Å²) in [5.74, 6) is -1.89. The van der Waals surface area contributed by atoms with Crippen LogP contribution in [-0.2, 0) is 11.2 Å². The number of ketones is 1. The molecule has 1 aromatic carbocycles. The number of rotatable bonds is 3. The van der Waals surface area contributed by atoms with E-state index >= 15 is 0 Å². The number of carbonyl (C=O) groups excluding carboxylic acids is 1. The summed E-state index contributed by atoms with van der Waals surface area (Å²) >= 11 is 0. The van der Waals surface area contributed by atoms with E-state index in [0.717, 1.165) is 44.2 Å². The van der Waals surface area contributed by atoms with Gasteiger partial charge < -0.3 is 5.73 Å². The molecule has 0 radical (unpaired) electrons. The molecule has 2 atom stereocenters. The lowest BCUT2D eigenvalue weighted by Crippen LogP contribution is -2.35. The van der Waals surface area contributed by atoms with Gasteiger partial charge in [0.25, 0.3) is 0 Å². The predicted molar refractivity (Wildman–Crippen MR) is 69.6 cm³/mol. The van der Waals surface area contributed by atoms with Crippen molar-refractivity contribution in [2.75, 3.05) is 0 Å². The first-order valence-corrected chi connectivity index (χ1v) is 6.80. The minimum Gasteiger partial charge on any atom is -0.327 e. The van der Waals surface area contributed by atoms with Crippen LogP contribution >= 0.6 is 0 Å². The highest BCUT2D eigenvalue weighted by atomic mass is 19.2. The summed E-state index contributed by atoms with van der Waals surface area (Å²) in [6.07, 6.45) is 5.01. The molecule has 1 aromatic rings. The van der Waals surface area contributed by atoms with Crippen LogP contribution < -0.4 is 5.73 Å². The normalized spacial score (nSPS) is 23.9. The van der Waals surface area contributed by atoms with Crippen molar-refractivity contribution >= 4 is 5.78 Å². The Balaban J connectivity index is 2.04. The van der Waals surface area contributed by atoms with Crippen LogP contribution in [0.25, 0.3) is 0 Å². The molecule has 1 aliphatic carbocycles. The zero-order valence-electron chi connectivity index (χ0n) is 10.9. The average Bonchev–Trinajstić information content (AvgIpc) is 2.58. The van der Waals surface area contributed by atoms with Crippen LogP contribution in [0.15, 0.2) is 18.2 Å². The van der Waals surface area contributed by atoms with E-state index in [1.807, 2.05) is 0 Å². The first-order valence-electron chi connectivity index (χ1n) is 6.80. The Morgan fingerprint density at radius 2 is 1.89 bits per heavy atom. The smallest absolute Gasteiger partial charge is 0.159 e. The second-order valence-electron chi connectivity index (χ2n) is 5.30. The van der Waals surface area contributed by atoms with E-state index in [1.54, 1.807) is 0 Å². The summed E-state index contributed by atoms with van der Waals surface area (Å²) in [5.41, 5.74) is 6.55. The van der Waals surface area contributed by atoms with Crippen molar-refractivity contribution in [1.82, 2.24) is 0 Å². The monoisotopic (exact) mass is 267 g/mol. The first kappa shape index (κ1) is 14.1. The van der Waals surface area contributed by atoms with E-state index in [9.17, 15) is 13.6 Å². The highest BCUT2D eigenvalue weighted by Gasteiger charge is 2.26. The van der Waals surface area contributed by atoms with Gasteiger partial charge in [-0.1, -0.05) is 25.3 Å². The first-order chi connectivity index (χ1) is 9.08. The van der Waals surface area contributed by atoms with Gasteiger partial charge in [0.2, 0.25) is 0 Å². The Hall–Kier alpha value is -1.29. The van der Waals surface area contributed by atoms with E-state index in [4.69, 9.17) is 5.73 Å². The molecule has 0 saturated heterocycles. The van der Waals surface area contributed by atoms with Gasteiger partial charge in [-0.25, -0.2) is 8.78 Å². The Morgan fingerprint density at radius 3 is 2.63 bits per heavy atom. The topological polar surface area (TPSA) is 43.1 Å². The highest BCUT2D eigenvalue weighted by Crippen LogP contribution is 2.24. The number of hydrogen-bond acceptors (Lipinski definition) is 2. The number of benzene rings is 1. The summed E-state index contributed by atoms with van der Waals surface area (Å²) in [4.78, 5) is 12.2. The molecule has 19 heavy (non-hydrogen) atoms. The summed E-state index contributed by atoms with van der Waals surface area (Å²) in [7, 11) is 0. The second-order valence-corrected chi connectivity index (χ2v) is 5.30. The van der Waals surface area contributed by atoms with Gasteiger partial charge in [0.15, 0.2) is 11.6 Å². The molecular weight excluding hydrogens is 248 g/mol. The second kappa shape index (κ2) is 6.24. The fourth-order valence-electron chi connectivity index (χ4n) is 2.72. The Bertz CT molecular complexity index is 461. The maximum Gasteiger partial charge on any atom is 0.159 e. The summed E-state index contributed by atoms with van der Waals surface area (Å²) in [5, 5.41) is 0. The van der Waals surface area contributed by atoms with E-state index in [2.05, 4.69) is 0 Å². The lowest BCUT2D eigenvalue weighted by molar-refractivity contribution is -0.123. The zero-order chi connectivity index (χ0) is 13.8. The molecule has 0 amide bonds. The lowest BCUT2D eigenvalue weighted by Gasteiger charge is -2.20. The predicted octanol–water partition coefficient (Wildman–Crippen LogP) is 2.98. The lowest BCUT2D eigenvalue weighted by atomic mass is 9.88. The van der Waals surface area contributed by atoms with Crippen molar-refractivity contribution in [3.05, 3.63) is 35.4 Å². The highest BCUT2D eigenvalue weighted by molar-refractivity contribution is 5.83. The van der Waals surface area contributed by atoms with Crippen molar-refractivity contribution in [3.63, 3.8) is 0 Å². The molecule has 0 aliphatic heterocycles. The standard InChI is InChI=1S/C15H19F2NO/c16-12-7-6-10(8-13(12)17)9-15(19)11-4-2-1-3-5-14(11)18/h6-8,11,14H,1-5,9,18H2. The van der Waals surface area contributed by atoms with Gasteiger partial charge in [-0.05, 0) is 30.5 Å². The van der Waals surface area contributed by atoms with Gasteiger partial charge in [0.1, 0.15) is 5.78 Å². The third kappa shape index (κ3) is 3.60. The minimum absolute atomic E-state index is 0.0420. The maximum absolute atomic E-state index is 13.1. The molecular formula is C15H19F2NO. The van der Waals surface area contributed by atoms with E-state index in [1.165, 1.54) is 6.07 Å². The molecule has 2 unspecified atom stereocenters. The van der Waals surface area contributed by atoms with Crippen molar-refractivity contribution in [1.29, 1.82) is 0 Å². The number of nitrogens with two attached hydrogens (primary N) is 1. The number of hydrogen-bond donors (Lipinski definition) is 1. The molecule has 2 nitrogen and oxygen atoms in total. The van der Waals surface area contributed by atoms with Crippen LogP contribution in [0, 0.1) is 17.6 Å². The molecule has 0 heterocycles. The summed E-state index contributed by atoms with van der Waals surface area (Å²) in [6.45, 7) is 0. The summed E-state index contributed by atoms with van der Waals surface area (Å²) in [6, 6.07) is 3.51. The molecule has 4 heteroatoms. The van der Waals surface area contributed by atoms with Gasteiger partial charge in [0.05, 0.1) is 0 Å². The van der Waals surface area contributed by atoms with Gasteiger partial charge in [-0.3, -0.25) is 4.79 Å². The van der Waals surface area contributed by atoms with Crippen molar-refractivity contribution in [3.8, 4) is 0 Å². The Kier molecular flexibility index (Phi) is 4.64. The molecule has 1 fully saturated rings. The maximum atomic E-state index is 13.1. The fourth-order valence-corrected chi connectivity index (χ4v) is 2.72. The molecule has 104 valence electrons. The fraction of sp³-hybridized carbons (Fsp3) is 0.533. The van der Waals surface area contributed by atoms with Gasteiger partial charge in [-0.15, -0.1) is 0 Å². The van der Waals surface area contributed by atoms with E-state index < -0.39 is 11.6 Å². The van der Waals surface area contributed by atoms with Crippen molar-refractivity contribution in [2.24, 2.45) is 11.7 Å². The zero-order valence-corrected chi connectivity index (χ0v) is 10.9. The van der Waals surface area contributed by atoms with Crippen molar-refractivity contribution in [2.45, 2.75) is 44.6 Å². The SMILES string of the molecule is NC1CCCCCC1C(=O)Cc1ccc(F)c(F)c1. The molecule has 1 saturated carbocycles. The van der Waals surface area contributed by atoms with Crippen molar-refractivity contribution < 1.29 is 13.6 Å². The molecule has 0 aromatic heterocycles. The molecule has 2 N–H and O–H groups in total. The van der Waals surface area contributed by atoms with Crippen LogP contribution in [0.1, 0.15) is 37.7 Å². The van der Waals surface area contributed by atoms with Crippen LogP contribution in [-0.4, -0.2) is 11.8 Å². The number of Topliss-reactive ketones (excluding diaryl/α,β-unsaturated/α-hetero) is 1. The number of carbonyl (C=O) groups is 1.